The van der Waals surface area contributed by atoms with Gasteiger partial charge in [0.15, 0.2) is 0 Å². The Balaban J connectivity index is 2.24. The number of para-hydroxylation sites is 1. The Morgan fingerprint density at radius 2 is 1.90 bits per heavy atom. The third kappa shape index (κ3) is 2.91. The number of esters is 1. The van der Waals surface area contributed by atoms with Crippen molar-refractivity contribution < 1.29 is 14.3 Å². The number of hydrogen-bond donors (Lipinski definition) is 1. The number of ether oxygens (including phenoxy) is 2. The predicted octanol–water partition coefficient (Wildman–Crippen LogP) is 2.94. The molecule has 2 rings (SSSR count). The van der Waals surface area contributed by atoms with Gasteiger partial charge in [-0.05, 0) is 24.6 Å². The van der Waals surface area contributed by atoms with Gasteiger partial charge < -0.3 is 15.2 Å². The lowest BCUT2D eigenvalue weighted by Gasteiger charge is -2.13. The zero-order valence-electron chi connectivity index (χ0n) is 11.6. The van der Waals surface area contributed by atoms with Gasteiger partial charge in [0.2, 0.25) is 0 Å². The molecule has 0 radical (unpaired) electrons. The van der Waals surface area contributed by atoms with Gasteiger partial charge in [-0.15, -0.1) is 0 Å². The standard InChI is InChI=1S/C16H17NO3/c1-11-6-3-4-9-14(11)20-10-12-7-5-8-13(17)15(12)16(18)19-2/h3-9H,10,17H2,1-2H3. The van der Waals surface area contributed by atoms with Gasteiger partial charge in [-0.25, -0.2) is 4.79 Å². The van der Waals surface area contributed by atoms with Crippen molar-refractivity contribution in [2.45, 2.75) is 13.5 Å². The van der Waals surface area contributed by atoms with Crippen LogP contribution in [-0.4, -0.2) is 13.1 Å². The van der Waals surface area contributed by atoms with E-state index in [1.54, 1.807) is 18.2 Å². The van der Waals surface area contributed by atoms with Gasteiger partial charge in [-0.3, -0.25) is 0 Å². The van der Waals surface area contributed by atoms with Crippen molar-refractivity contribution in [2.75, 3.05) is 12.8 Å². The van der Waals surface area contributed by atoms with E-state index in [2.05, 4.69) is 0 Å². The molecule has 0 aromatic heterocycles. The number of methoxy groups -OCH3 is 1. The number of rotatable bonds is 4. The van der Waals surface area contributed by atoms with Crippen LogP contribution in [0.3, 0.4) is 0 Å². The lowest BCUT2D eigenvalue weighted by atomic mass is 10.1. The van der Waals surface area contributed by atoms with E-state index in [1.165, 1.54) is 7.11 Å². The average molecular weight is 271 g/mol. The summed E-state index contributed by atoms with van der Waals surface area (Å²) in [4.78, 5) is 11.8. The van der Waals surface area contributed by atoms with Crippen LogP contribution in [0.15, 0.2) is 42.5 Å². The molecule has 0 aliphatic carbocycles. The first kappa shape index (κ1) is 13.9. The first-order valence-electron chi connectivity index (χ1n) is 6.27. The fourth-order valence-electron chi connectivity index (χ4n) is 1.97. The molecular formula is C16H17NO3. The normalized spacial score (nSPS) is 10.1. The van der Waals surface area contributed by atoms with Crippen molar-refractivity contribution in [3.63, 3.8) is 0 Å². The molecule has 0 aliphatic rings. The van der Waals surface area contributed by atoms with Crippen LogP contribution in [0.2, 0.25) is 0 Å². The summed E-state index contributed by atoms with van der Waals surface area (Å²) < 4.78 is 10.5. The molecule has 0 atom stereocenters. The van der Waals surface area contributed by atoms with E-state index in [9.17, 15) is 4.79 Å². The average Bonchev–Trinajstić information content (AvgIpc) is 2.46. The molecule has 0 bridgehead atoms. The number of carbonyl (C=O) groups excluding carboxylic acids is 1. The first-order valence-corrected chi connectivity index (χ1v) is 6.27. The Morgan fingerprint density at radius 1 is 1.15 bits per heavy atom. The second-order valence-corrected chi connectivity index (χ2v) is 4.43. The molecule has 104 valence electrons. The second-order valence-electron chi connectivity index (χ2n) is 4.43. The van der Waals surface area contributed by atoms with Gasteiger partial charge >= 0.3 is 5.97 Å². The number of anilines is 1. The number of nitrogens with two attached hydrogens (primary N) is 1. The van der Waals surface area contributed by atoms with Crippen LogP contribution < -0.4 is 10.5 Å². The van der Waals surface area contributed by atoms with Gasteiger partial charge in [0.25, 0.3) is 0 Å². The van der Waals surface area contributed by atoms with E-state index >= 15 is 0 Å². The molecular weight excluding hydrogens is 254 g/mol. The minimum absolute atomic E-state index is 0.264. The van der Waals surface area contributed by atoms with E-state index in [1.807, 2.05) is 31.2 Å². The Kier molecular flexibility index (Phi) is 4.25. The summed E-state index contributed by atoms with van der Waals surface area (Å²) in [7, 11) is 1.33. The molecule has 2 aromatic rings. The molecule has 0 fully saturated rings. The molecule has 2 aromatic carbocycles. The number of nitrogen functional groups attached to an aromatic ring is 1. The zero-order valence-corrected chi connectivity index (χ0v) is 11.6. The van der Waals surface area contributed by atoms with E-state index in [0.29, 0.717) is 16.8 Å². The Hall–Kier alpha value is -2.49. The number of aryl methyl sites for hydroxylation is 1. The minimum atomic E-state index is -0.452. The van der Waals surface area contributed by atoms with Gasteiger partial charge in [0, 0.05) is 11.3 Å². The third-order valence-electron chi connectivity index (χ3n) is 3.05. The highest BCUT2D eigenvalue weighted by Crippen LogP contribution is 2.22. The van der Waals surface area contributed by atoms with Gasteiger partial charge in [0.1, 0.15) is 12.4 Å². The lowest BCUT2D eigenvalue weighted by molar-refractivity contribution is 0.0599. The summed E-state index contributed by atoms with van der Waals surface area (Å²) in [6.07, 6.45) is 0. The predicted molar refractivity (Wildman–Crippen MR) is 77.7 cm³/mol. The van der Waals surface area contributed by atoms with Crippen molar-refractivity contribution >= 4 is 11.7 Å². The second kappa shape index (κ2) is 6.10. The summed E-state index contributed by atoms with van der Waals surface area (Å²) in [5.41, 5.74) is 8.34. The summed E-state index contributed by atoms with van der Waals surface area (Å²) in [6.45, 7) is 2.23. The van der Waals surface area contributed by atoms with Crippen LogP contribution in [0.5, 0.6) is 5.75 Å². The smallest absolute Gasteiger partial charge is 0.340 e. The highest BCUT2D eigenvalue weighted by atomic mass is 16.5. The number of hydrogen-bond acceptors (Lipinski definition) is 4. The number of benzene rings is 2. The summed E-state index contributed by atoms with van der Waals surface area (Å²) in [5.74, 6) is 0.331. The number of carbonyl (C=O) groups is 1. The maximum atomic E-state index is 11.8. The van der Waals surface area contributed by atoms with Crippen LogP contribution >= 0.6 is 0 Å². The van der Waals surface area contributed by atoms with Crippen LogP contribution in [0.1, 0.15) is 21.5 Å². The fourth-order valence-corrected chi connectivity index (χ4v) is 1.97. The maximum Gasteiger partial charge on any atom is 0.340 e. The van der Waals surface area contributed by atoms with E-state index in [4.69, 9.17) is 15.2 Å². The molecule has 0 heterocycles. The SMILES string of the molecule is COC(=O)c1c(N)cccc1COc1ccccc1C. The monoisotopic (exact) mass is 271 g/mol. The Labute approximate surface area is 118 Å². The molecule has 0 saturated carbocycles. The summed E-state index contributed by atoms with van der Waals surface area (Å²) in [5, 5.41) is 0. The van der Waals surface area contributed by atoms with Gasteiger partial charge in [-0.1, -0.05) is 30.3 Å². The molecule has 0 unspecified atom stereocenters. The molecule has 2 N–H and O–H groups in total. The molecule has 0 aliphatic heterocycles. The zero-order chi connectivity index (χ0) is 14.5. The molecule has 4 heteroatoms. The fraction of sp³-hybridized carbons (Fsp3) is 0.188. The molecule has 0 amide bonds. The molecule has 4 nitrogen and oxygen atoms in total. The first-order chi connectivity index (χ1) is 9.63. The van der Waals surface area contributed by atoms with Crippen molar-refractivity contribution in [1.82, 2.24) is 0 Å². The highest BCUT2D eigenvalue weighted by Gasteiger charge is 2.15. The van der Waals surface area contributed by atoms with Gasteiger partial charge in [-0.2, -0.15) is 0 Å². The van der Waals surface area contributed by atoms with Crippen LogP contribution in [0.25, 0.3) is 0 Å². The van der Waals surface area contributed by atoms with E-state index in [0.717, 1.165) is 11.3 Å². The maximum absolute atomic E-state index is 11.8. The van der Waals surface area contributed by atoms with Crippen LogP contribution in [0.4, 0.5) is 5.69 Å². The van der Waals surface area contributed by atoms with E-state index in [-0.39, 0.29) is 6.61 Å². The van der Waals surface area contributed by atoms with Crippen molar-refractivity contribution in [3.05, 3.63) is 59.2 Å². The van der Waals surface area contributed by atoms with Gasteiger partial charge in [0.05, 0.1) is 12.7 Å². The quantitative estimate of drug-likeness (QED) is 0.686. The Bertz CT molecular complexity index is 623. The lowest BCUT2D eigenvalue weighted by Crippen LogP contribution is -2.11. The van der Waals surface area contributed by atoms with Crippen LogP contribution in [-0.2, 0) is 11.3 Å². The topological polar surface area (TPSA) is 61.5 Å². The third-order valence-corrected chi connectivity index (χ3v) is 3.05. The van der Waals surface area contributed by atoms with Crippen LogP contribution in [0, 0.1) is 6.92 Å². The molecule has 0 spiro atoms. The largest absolute Gasteiger partial charge is 0.489 e. The van der Waals surface area contributed by atoms with E-state index < -0.39 is 5.97 Å². The van der Waals surface area contributed by atoms with Crippen molar-refractivity contribution in [2.24, 2.45) is 0 Å². The molecule has 20 heavy (non-hydrogen) atoms. The molecule has 0 saturated heterocycles. The highest BCUT2D eigenvalue weighted by molar-refractivity contribution is 5.96. The minimum Gasteiger partial charge on any atom is -0.489 e. The summed E-state index contributed by atoms with van der Waals surface area (Å²) >= 11 is 0. The Morgan fingerprint density at radius 3 is 2.60 bits per heavy atom. The van der Waals surface area contributed by atoms with Crippen molar-refractivity contribution in [3.8, 4) is 5.75 Å². The van der Waals surface area contributed by atoms with Crippen molar-refractivity contribution in [1.29, 1.82) is 0 Å². The summed E-state index contributed by atoms with van der Waals surface area (Å²) in [6, 6.07) is 13.0.